The van der Waals surface area contributed by atoms with Crippen molar-refractivity contribution in [1.29, 1.82) is 0 Å². The van der Waals surface area contributed by atoms with Gasteiger partial charge in [-0.3, -0.25) is 14.4 Å². The second kappa shape index (κ2) is 56.4. The van der Waals surface area contributed by atoms with Gasteiger partial charge in [0.1, 0.15) is 18.8 Å². The molecule has 1 heterocycles. The Morgan fingerprint density at radius 3 is 1.22 bits per heavy atom. The highest BCUT2D eigenvalue weighted by molar-refractivity contribution is 5.74. The number of esters is 3. The third kappa shape index (κ3) is 46.0. The number of carboxylic acids is 1. The van der Waals surface area contributed by atoms with Crippen molar-refractivity contribution in [3.05, 3.63) is 85.1 Å². The van der Waals surface area contributed by atoms with Crippen molar-refractivity contribution in [3.8, 4) is 0 Å². The van der Waals surface area contributed by atoms with Crippen LogP contribution in [0.1, 0.15) is 278 Å². The zero-order chi connectivity index (χ0) is 58.9. The summed E-state index contributed by atoms with van der Waals surface area (Å²) in [5, 5.41) is 31.6. The SMILES string of the molecule is CC/C=C\C/C=C\C/C=C\C/C=C\C/C=C\CCCCCC(=O)OC1C(OCC(COC(=O)CCCCCCCCCCC/C=C\C/C=C\CCCCC)OC(=O)CCCCCCCCCCCCCCC)OC(C(=O)O)C(O)C1O. The van der Waals surface area contributed by atoms with Gasteiger partial charge in [0.15, 0.2) is 24.6 Å². The van der Waals surface area contributed by atoms with Gasteiger partial charge in [0.2, 0.25) is 0 Å². The number of hydrogen-bond donors (Lipinski definition) is 3. The second-order valence-corrected chi connectivity index (χ2v) is 22.0. The minimum absolute atomic E-state index is 0.0195. The maximum Gasteiger partial charge on any atom is 0.335 e. The predicted octanol–water partition coefficient (Wildman–Crippen LogP) is 17.5. The number of rotatable bonds is 55. The molecule has 12 heteroatoms. The Balaban J connectivity index is 2.66. The Kier molecular flexibility index (Phi) is 52.1. The molecular formula is C69H116O12. The third-order valence-corrected chi connectivity index (χ3v) is 14.5. The summed E-state index contributed by atoms with van der Waals surface area (Å²) in [5.74, 6) is -3.16. The highest BCUT2D eigenvalue weighted by Gasteiger charge is 2.50. The van der Waals surface area contributed by atoms with Crippen LogP contribution in [0.3, 0.4) is 0 Å². The molecule has 1 fully saturated rings. The quantitative estimate of drug-likeness (QED) is 0.0228. The normalized spacial score (nSPS) is 18.3. The summed E-state index contributed by atoms with van der Waals surface area (Å²) in [6.45, 7) is 5.86. The molecule has 0 aromatic heterocycles. The fourth-order valence-electron chi connectivity index (χ4n) is 9.48. The van der Waals surface area contributed by atoms with Gasteiger partial charge in [0, 0.05) is 19.3 Å². The summed E-state index contributed by atoms with van der Waals surface area (Å²) in [6, 6.07) is 0. The largest absolute Gasteiger partial charge is 0.479 e. The van der Waals surface area contributed by atoms with Crippen molar-refractivity contribution >= 4 is 23.9 Å². The van der Waals surface area contributed by atoms with E-state index in [1.165, 1.54) is 116 Å². The fraction of sp³-hybridized carbons (Fsp3) is 0.739. The van der Waals surface area contributed by atoms with Crippen LogP contribution in [0, 0.1) is 0 Å². The first-order valence-corrected chi connectivity index (χ1v) is 32.6. The summed E-state index contributed by atoms with van der Waals surface area (Å²) in [4.78, 5) is 51.3. The first-order valence-electron chi connectivity index (χ1n) is 32.6. The lowest BCUT2D eigenvalue weighted by Gasteiger charge is -2.40. The van der Waals surface area contributed by atoms with Crippen molar-refractivity contribution in [2.45, 2.75) is 314 Å². The maximum absolute atomic E-state index is 13.2. The molecule has 0 radical (unpaired) electrons. The molecule has 0 aromatic rings. The number of carbonyl (C=O) groups excluding carboxylic acids is 3. The van der Waals surface area contributed by atoms with E-state index < -0.39 is 67.3 Å². The molecule has 3 N–H and O–H groups in total. The van der Waals surface area contributed by atoms with E-state index in [9.17, 15) is 34.5 Å². The first kappa shape index (κ1) is 74.9. The third-order valence-electron chi connectivity index (χ3n) is 14.5. The molecule has 12 nitrogen and oxygen atoms in total. The highest BCUT2D eigenvalue weighted by atomic mass is 16.7. The van der Waals surface area contributed by atoms with Crippen LogP contribution in [0.15, 0.2) is 85.1 Å². The number of aliphatic carboxylic acids is 1. The standard InChI is InChI=1S/C69H116O12/c1-4-7-10-13-16-19-22-25-27-29-31-33-35-38-40-43-46-49-52-55-61(70)77-58-60(79-62(71)56-53-50-47-44-41-37-24-21-18-15-12-9-6-3)59-78-69-67(65(74)64(73)66(81-69)68(75)76)80-63(72)57-54-51-48-45-42-39-36-34-32-30-28-26-23-20-17-14-11-8-5-2/h8,11,16-17,19-20,25-28,32,34,39,42,60,64-67,69,73-74H,4-7,9-10,12-15,18,21-24,29-31,33,35-38,40-41,43-59H2,1-3H3,(H,75,76)/b11-8-,19-16-,20-17-,27-25-,28-26-,34-32-,42-39-. The first-order chi connectivity index (χ1) is 39.6. The van der Waals surface area contributed by atoms with Gasteiger partial charge >= 0.3 is 23.9 Å². The van der Waals surface area contributed by atoms with Gasteiger partial charge in [0.05, 0.1) is 6.61 Å². The molecular weight excluding hydrogens is 1020 g/mol. The van der Waals surface area contributed by atoms with E-state index in [2.05, 4.69) is 106 Å². The predicted molar refractivity (Wildman–Crippen MR) is 331 cm³/mol. The maximum atomic E-state index is 13.2. The molecule has 0 amide bonds. The van der Waals surface area contributed by atoms with Gasteiger partial charge in [-0.15, -0.1) is 0 Å². The summed E-state index contributed by atoms with van der Waals surface area (Å²) in [6.07, 6.45) is 61.1. The van der Waals surface area contributed by atoms with Crippen LogP contribution in [-0.2, 0) is 42.9 Å². The van der Waals surface area contributed by atoms with Crippen molar-refractivity contribution < 1.29 is 58.2 Å². The Morgan fingerprint density at radius 2 is 0.778 bits per heavy atom. The molecule has 0 saturated carbocycles. The average Bonchev–Trinajstić information content (AvgIpc) is 3.54. The molecule has 1 rings (SSSR count). The summed E-state index contributed by atoms with van der Waals surface area (Å²) < 4.78 is 28.5. The molecule has 1 saturated heterocycles. The van der Waals surface area contributed by atoms with Gasteiger partial charge in [-0.2, -0.15) is 0 Å². The summed E-state index contributed by atoms with van der Waals surface area (Å²) in [5.41, 5.74) is 0. The lowest BCUT2D eigenvalue weighted by molar-refractivity contribution is -0.301. The molecule has 464 valence electrons. The van der Waals surface area contributed by atoms with Gasteiger partial charge in [-0.25, -0.2) is 4.79 Å². The van der Waals surface area contributed by atoms with E-state index in [-0.39, 0.29) is 25.9 Å². The van der Waals surface area contributed by atoms with Crippen molar-refractivity contribution in [2.75, 3.05) is 13.2 Å². The molecule has 1 aliphatic heterocycles. The van der Waals surface area contributed by atoms with Crippen LogP contribution in [0.4, 0.5) is 0 Å². The van der Waals surface area contributed by atoms with Crippen LogP contribution in [-0.4, -0.2) is 89.2 Å². The topological polar surface area (TPSA) is 175 Å². The molecule has 0 spiro atoms. The second-order valence-electron chi connectivity index (χ2n) is 22.0. The van der Waals surface area contributed by atoms with Crippen molar-refractivity contribution in [2.24, 2.45) is 0 Å². The monoisotopic (exact) mass is 1140 g/mol. The molecule has 6 unspecified atom stereocenters. The van der Waals surface area contributed by atoms with E-state index in [0.29, 0.717) is 19.3 Å². The van der Waals surface area contributed by atoms with Crippen LogP contribution in [0.25, 0.3) is 0 Å². The van der Waals surface area contributed by atoms with E-state index in [1.807, 2.05) is 0 Å². The fourth-order valence-corrected chi connectivity index (χ4v) is 9.48. The molecule has 0 aromatic carbocycles. The van der Waals surface area contributed by atoms with E-state index in [4.69, 9.17) is 23.7 Å². The Morgan fingerprint density at radius 1 is 0.420 bits per heavy atom. The Labute approximate surface area is 492 Å². The van der Waals surface area contributed by atoms with E-state index in [0.717, 1.165) is 103 Å². The number of ether oxygens (including phenoxy) is 5. The number of carbonyl (C=O) groups is 4. The van der Waals surface area contributed by atoms with E-state index >= 15 is 0 Å². The van der Waals surface area contributed by atoms with Gasteiger partial charge in [0.25, 0.3) is 0 Å². The lowest BCUT2D eigenvalue weighted by Crippen LogP contribution is -2.61. The Hall–Kier alpha value is -4.10. The van der Waals surface area contributed by atoms with Crippen molar-refractivity contribution in [1.82, 2.24) is 0 Å². The van der Waals surface area contributed by atoms with Crippen LogP contribution < -0.4 is 0 Å². The van der Waals surface area contributed by atoms with Crippen LogP contribution >= 0.6 is 0 Å². The summed E-state index contributed by atoms with van der Waals surface area (Å²) in [7, 11) is 0. The zero-order valence-corrected chi connectivity index (χ0v) is 51.3. The Bertz CT molecular complexity index is 1730. The summed E-state index contributed by atoms with van der Waals surface area (Å²) >= 11 is 0. The molecule has 81 heavy (non-hydrogen) atoms. The number of carboxylic acid groups (broad SMARTS) is 1. The van der Waals surface area contributed by atoms with Gasteiger partial charge < -0.3 is 39.0 Å². The number of allylic oxidation sites excluding steroid dienone is 14. The number of unbranched alkanes of at least 4 members (excludes halogenated alkanes) is 27. The molecule has 6 atom stereocenters. The van der Waals surface area contributed by atoms with Gasteiger partial charge in [-0.05, 0) is 96.3 Å². The molecule has 1 aliphatic rings. The van der Waals surface area contributed by atoms with E-state index in [1.54, 1.807) is 0 Å². The molecule has 0 bridgehead atoms. The minimum atomic E-state index is -1.92. The smallest absolute Gasteiger partial charge is 0.335 e. The van der Waals surface area contributed by atoms with Crippen LogP contribution in [0.2, 0.25) is 0 Å². The lowest BCUT2D eigenvalue weighted by atomic mass is 9.98. The number of hydrogen-bond acceptors (Lipinski definition) is 11. The average molecular weight is 1140 g/mol. The van der Waals surface area contributed by atoms with Crippen molar-refractivity contribution in [3.63, 3.8) is 0 Å². The zero-order valence-electron chi connectivity index (χ0n) is 51.3. The highest BCUT2D eigenvalue weighted by Crippen LogP contribution is 2.26. The van der Waals surface area contributed by atoms with Gasteiger partial charge in [-0.1, -0.05) is 247 Å². The number of aliphatic hydroxyl groups is 2. The molecule has 0 aliphatic carbocycles. The number of aliphatic hydroxyl groups excluding tert-OH is 2. The minimum Gasteiger partial charge on any atom is -0.479 e. The van der Waals surface area contributed by atoms with Crippen LogP contribution in [0.5, 0.6) is 0 Å².